The number of nitrogens with two attached hydrogens (primary N) is 1. The van der Waals surface area contributed by atoms with Crippen LogP contribution >= 0.6 is 23.2 Å². The molecule has 0 atom stereocenters. The van der Waals surface area contributed by atoms with Crippen LogP contribution < -0.4 is 42.2 Å². The zero-order chi connectivity index (χ0) is 54.8. The van der Waals surface area contributed by atoms with Crippen molar-refractivity contribution >= 4 is 151 Å². The van der Waals surface area contributed by atoms with E-state index in [0.717, 1.165) is 36.4 Å². The molecule has 5 aromatic rings. The van der Waals surface area contributed by atoms with Crippen LogP contribution in [0.25, 0.3) is 6.08 Å². The van der Waals surface area contributed by atoms with Gasteiger partial charge < -0.3 is 36.8 Å². The minimum absolute atomic E-state index is 0.0878. The van der Waals surface area contributed by atoms with Gasteiger partial charge in [0, 0.05) is 39.6 Å². The van der Waals surface area contributed by atoms with Crippen molar-refractivity contribution in [1.29, 1.82) is 0 Å². The Balaban J connectivity index is 1.43. The molecular weight excluding hydrogens is 1110 g/mol. The third kappa shape index (κ3) is 13.1. The van der Waals surface area contributed by atoms with Gasteiger partial charge in [-0.25, -0.2) is 0 Å². The Labute approximate surface area is 427 Å². The molecule has 74 heavy (non-hydrogen) atoms. The minimum atomic E-state index is -5.54. The number of anilines is 8. The van der Waals surface area contributed by atoms with Crippen molar-refractivity contribution < 1.29 is 66.3 Å². The number of fused-ring (bicyclic) bond motifs is 1. The third-order valence-electron chi connectivity index (χ3n) is 9.60. The van der Waals surface area contributed by atoms with Crippen molar-refractivity contribution in [1.82, 2.24) is 40.5 Å². The lowest BCUT2D eigenvalue weighted by atomic mass is 9.92. The molecule has 2 heterocycles. The van der Waals surface area contributed by atoms with Crippen LogP contribution in [0.1, 0.15) is 15.9 Å². The first kappa shape index (κ1) is 55.6. The number of benzene rings is 3. The van der Waals surface area contributed by atoms with Crippen molar-refractivity contribution in [2.45, 2.75) is 14.7 Å². The highest BCUT2D eigenvalue weighted by Crippen LogP contribution is 2.42. The van der Waals surface area contributed by atoms with Gasteiger partial charge in [0.2, 0.25) is 52.0 Å². The van der Waals surface area contributed by atoms with Gasteiger partial charge in [0.1, 0.15) is 31.0 Å². The molecule has 2 amide bonds. The van der Waals surface area contributed by atoms with Gasteiger partial charge in [-0.2, -0.15) is 68.7 Å². The second kappa shape index (κ2) is 21.4. The molecule has 3 aromatic carbocycles. The molecule has 0 saturated heterocycles. The van der Waals surface area contributed by atoms with Gasteiger partial charge in [-0.1, -0.05) is 0 Å². The van der Waals surface area contributed by atoms with Crippen molar-refractivity contribution in [3.8, 4) is 0 Å². The molecule has 0 aliphatic heterocycles. The van der Waals surface area contributed by atoms with Crippen LogP contribution in [0.5, 0.6) is 0 Å². The number of hydrogen-bond donors (Lipinski definition) is 10. The summed E-state index contributed by atoms with van der Waals surface area (Å²) >= 11 is 12.1. The fourth-order valence-electron chi connectivity index (χ4n) is 6.25. The molecule has 0 unspecified atom stereocenters. The lowest BCUT2D eigenvalue weighted by Crippen LogP contribution is -2.34. The molecule has 2 aromatic heterocycles. The fraction of sp³-hybridized carbons (Fsp3) is 0.167. The number of nitrogens with zero attached hydrogens (tertiary/aromatic N) is 11. The van der Waals surface area contributed by atoms with Gasteiger partial charge >= 0.3 is 0 Å². The monoisotopic (exact) mass is 1140 g/mol. The summed E-state index contributed by atoms with van der Waals surface area (Å²) in [7, 11) is -15.7. The quantitative estimate of drug-likeness (QED) is 0.0259. The second-order valence-electron chi connectivity index (χ2n) is 14.8. The van der Waals surface area contributed by atoms with E-state index >= 15 is 0 Å². The van der Waals surface area contributed by atoms with Gasteiger partial charge in [-0.3, -0.25) is 38.0 Å². The predicted molar refractivity (Wildman–Crippen MR) is 263 cm³/mol. The Morgan fingerprint density at radius 2 is 1.15 bits per heavy atom. The Morgan fingerprint density at radius 1 is 0.662 bits per heavy atom. The minimum Gasteiger partial charge on any atom is -0.396 e. The van der Waals surface area contributed by atoms with E-state index in [-0.39, 0.29) is 58.8 Å². The van der Waals surface area contributed by atoms with Gasteiger partial charge in [0.05, 0.1) is 30.0 Å². The van der Waals surface area contributed by atoms with Crippen LogP contribution in [0, 0.1) is 0 Å². The molecule has 6 rings (SSSR count). The molecule has 0 bridgehead atoms. The van der Waals surface area contributed by atoms with Crippen molar-refractivity contribution in [2.75, 3.05) is 72.9 Å². The second-order valence-corrected chi connectivity index (χ2v) is 21.0. The molecule has 0 saturated carbocycles. The SMILES string of the molecule is CNC(=O)CN(C)c1nc(Cl)nc(Nc2ccc(S(=O)(=O)O)c(N=Nc3c(S(=O)(=O)O)cc4c(c3N)C(=O)C(=NNc3cc(Nc5nc(Cl)nc(N(C)CC(=O)NC)n5)ccc3S(=O)(=O)O)C(S(=O)(=O)O)=C4)c2)n1. The molecule has 0 radical (unpaired) electrons. The number of azo groups is 1. The summed E-state index contributed by atoms with van der Waals surface area (Å²) in [5.41, 5.74) is 1.91. The maximum Gasteiger partial charge on any atom is 0.296 e. The van der Waals surface area contributed by atoms with Crippen LogP contribution in [0.2, 0.25) is 10.6 Å². The lowest BCUT2D eigenvalue weighted by Gasteiger charge is -2.20. The number of allylic oxidation sites excluding steroid dienone is 1. The molecule has 11 N–H and O–H groups in total. The normalized spacial score (nSPS) is 13.5. The number of nitrogens with one attached hydrogen (secondary N) is 5. The zero-order valence-corrected chi connectivity index (χ0v) is 42.5. The van der Waals surface area contributed by atoms with Crippen LogP contribution in [0.4, 0.5) is 57.9 Å². The van der Waals surface area contributed by atoms with E-state index in [1.165, 1.54) is 38.0 Å². The lowest BCUT2D eigenvalue weighted by molar-refractivity contribution is -0.120. The number of likely N-dealkylation sites (N-methyl/N-ethyl adjacent to an activating group) is 4. The topological polar surface area (TPSA) is 476 Å². The highest BCUT2D eigenvalue weighted by Gasteiger charge is 2.37. The Morgan fingerprint density at radius 3 is 1.62 bits per heavy atom. The van der Waals surface area contributed by atoms with E-state index in [1.807, 2.05) is 0 Å². The number of amides is 2. The number of ketones is 1. The van der Waals surface area contributed by atoms with E-state index in [4.69, 9.17) is 28.9 Å². The van der Waals surface area contributed by atoms with Crippen LogP contribution in [-0.2, 0) is 50.1 Å². The summed E-state index contributed by atoms with van der Waals surface area (Å²) in [4.78, 5) is 60.3. The van der Waals surface area contributed by atoms with E-state index < -0.39 is 117 Å². The van der Waals surface area contributed by atoms with Crippen molar-refractivity contribution in [3.63, 3.8) is 0 Å². The predicted octanol–water partition coefficient (Wildman–Crippen LogP) is 1.85. The van der Waals surface area contributed by atoms with Gasteiger partial charge in [-0.15, -0.1) is 10.2 Å². The van der Waals surface area contributed by atoms with Crippen molar-refractivity contribution in [3.05, 3.63) is 69.1 Å². The number of hydrogen-bond acceptors (Lipinski definition) is 26. The molecule has 32 nitrogen and oxygen atoms in total. The van der Waals surface area contributed by atoms with Crippen molar-refractivity contribution in [2.24, 2.45) is 15.3 Å². The average molecular weight is 1140 g/mol. The first-order valence-electron chi connectivity index (χ1n) is 19.7. The number of carbonyl (C=O) groups excluding carboxylic acids is 3. The molecule has 1 aliphatic carbocycles. The summed E-state index contributed by atoms with van der Waals surface area (Å²) in [5.74, 6) is -3.13. The molecule has 0 spiro atoms. The summed E-state index contributed by atoms with van der Waals surface area (Å²) in [6.07, 6.45) is 0.490. The molecule has 0 fully saturated rings. The van der Waals surface area contributed by atoms with E-state index in [1.54, 1.807) is 0 Å². The van der Waals surface area contributed by atoms with Crippen LogP contribution in [0.15, 0.2) is 77.4 Å². The van der Waals surface area contributed by atoms with Gasteiger partial charge in [-0.05, 0) is 77.3 Å². The zero-order valence-electron chi connectivity index (χ0n) is 37.7. The first-order valence-corrected chi connectivity index (χ1v) is 26.3. The largest absolute Gasteiger partial charge is 0.396 e. The van der Waals surface area contributed by atoms with Crippen LogP contribution in [0.3, 0.4) is 0 Å². The Bertz CT molecular complexity index is 3740. The number of Topliss-reactive ketones (excluding diaryl/α,β-unsaturated/α-hetero) is 1. The maximum atomic E-state index is 14.3. The first-order chi connectivity index (χ1) is 34.4. The summed E-state index contributed by atoms with van der Waals surface area (Å²) in [5, 5.41) is 20.6. The Hall–Kier alpha value is -7.68. The number of rotatable bonds is 18. The van der Waals surface area contributed by atoms with E-state index in [2.05, 4.69) is 71.9 Å². The maximum absolute atomic E-state index is 14.3. The summed E-state index contributed by atoms with van der Waals surface area (Å²) in [6.45, 7) is -0.433. The number of carbonyl (C=O) groups is 3. The average Bonchev–Trinajstić information content (AvgIpc) is 3.28. The van der Waals surface area contributed by atoms with Gasteiger partial charge in [0.15, 0.2) is 5.71 Å². The molecule has 38 heteroatoms. The standard InChI is InChI=1S/C36H35Cl2N17O15S4/c1-40-24(56)13-54(3)35-46-31(37)44-33(48-35)42-16-5-7-20(71(59,60)61)18(11-16)50-52-28-22(73(65,66)67)9-15-10-23(74(68,69)70)29(30(58)26(15)27(28)39)53-51-19-12-17(6-8-21(19)72(62,63)64)43-34-45-32(38)47-36(49-34)55(4)14-25(57)41-2/h5-12,51H,13-14,39H2,1-4H3,(H,40,56)(H,41,57)(H,59,60,61)(H,62,63,64)(H,65,66,67)(H,68,69,70)(H,42,44,46,48)(H,43,45,47,49). The number of hydrazone groups is 1. The van der Waals surface area contributed by atoms with E-state index in [0.29, 0.717) is 12.1 Å². The summed E-state index contributed by atoms with van der Waals surface area (Å²) in [6, 6.07) is 6.14. The number of halogens is 2. The number of aromatic nitrogens is 6. The smallest absolute Gasteiger partial charge is 0.296 e. The highest BCUT2D eigenvalue weighted by atomic mass is 35.5. The Kier molecular flexibility index (Phi) is 16.1. The highest BCUT2D eigenvalue weighted by molar-refractivity contribution is 7.91. The molecular formula is C36H35Cl2N17O15S4. The molecule has 392 valence electrons. The summed E-state index contributed by atoms with van der Waals surface area (Å²) < 4.78 is 142. The fourth-order valence-corrected chi connectivity index (χ4v) is 9.12. The van der Waals surface area contributed by atoms with E-state index in [9.17, 15) is 66.3 Å². The van der Waals surface area contributed by atoms with Gasteiger partial charge in [0.25, 0.3) is 40.5 Å². The third-order valence-corrected chi connectivity index (χ3v) is 13.5. The number of nitrogen functional groups attached to an aromatic ring is 1. The van der Waals surface area contributed by atoms with Crippen LogP contribution in [-0.4, -0.2) is 146 Å². The molecule has 1 aliphatic rings.